The molecule has 0 spiro atoms. The van der Waals surface area contributed by atoms with Crippen molar-refractivity contribution in [1.82, 2.24) is 9.55 Å². The van der Waals surface area contributed by atoms with Crippen LogP contribution in [0.4, 0.5) is 0 Å². The Kier molecular flexibility index (Phi) is 3.16. The van der Waals surface area contributed by atoms with Crippen molar-refractivity contribution in [3.8, 4) is 16.9 Å². The Balaban J connectivity index is 1.71. The maximum atomic E-state index is 4.68. The van der Waals surface area contributed by atoms with Gasteiger partial charge in [-0.05, 0) is 69.4 Å². The van der Waals surface area contributed by atoms with Crippen molar-refractivity contribution in [2.75, 3.05) is 0 Å². The van der Waals surface area contributed by atoms with Gasteiger partial charge < -0.3 is 4.57 Å². The van der Waals surface area contributed by atoms with Crippen LogP contribution < -0.4 is 0 Å². The van der Waals surface area contributed by atoms with E-state index in [4.69, 9.17) is 0 Å². The van der Waals surface area contributed by atoms with Crippen LogP contribution in [0.15, 0.2) is 109 Å². The average molecular weight is 418 g/mol. The summed E-state index contributed by atoms with van der Waals surface area (Å²) in [5, 5.41) is 10.6. The summed E-state index contributed by atoms with van der Waals surface area (Å²) < 4.78 is 2.42. The molecule has 2 heterocycles. The molecule has 2 aromatic heterocycles. The number of benzene rings is 6. The maximum absolute atomic E-state index is 4.68. The van der Waals surface area contributed by atoms with Gasteiger partial charge in [0.05, 0.1) is 16.7 Å². The van der Waals surface area contributed by atoms with Gasteiger partial charge in [0, 0.05) is 33.6 Å². The Hall–Kier alpha value is -4.43. The van der Waals surface area contributed by atoms with Gasteiger partial charge in [0.2, 0.25) is 0 Å². The molecule has 2 nitrogen and oxygen atoms in total. The van der Waals surface area contributed by atoms with E-state index in [1.807, 2.05) is 12.3 Å². The van der Waals surface area contributed by atoms with E-state index in [0.29, 0.717) is 0 Å². The summed E-state index contributed by atoms with van der Waals surface area (Å²) in [6, 6.07) is 37.3. The van der Waals surface area contributed by atoms with Crippen molar-refractivity contribution in [1.29, 1.82) is 0 Å². The van der Waals surface area contributed by atoms with Crippen LogP contribution in [0.5, 0.6) is 0 Å². The van der Waals surface area contributed by atoms with Gasteiger partial charge in [0.15, 0.2) is 0 Å². The molecule has 0 saturated heterocycles. The Morgan fingerprint density at radius 1 is 0.515 bits per heavy atom. The van der Waals surface area contributed by atoms with Crippen LogP contribution in [0, 0.1) is 0 Å². The molecule has 6 aromatic carbocycles. The molecule has 33 heavy (non-hydrogen) atoms. The largest absolute Gasteiger partial charge is 0.309 e. The number of hydrogen-bond donors (Lipinski definition) is 0. The van der Waals surface area contributed by atoms with Crippen LogP contribution in [-0.4, -0.2) is 9.55 Å². The molecule has 2 heteroatoms. The van der Waals surface area contributed by atoms with Crippen LogP contribution in [0.3, 0.4) is 0 Å². The summed E-state index contributed by atoms with van der Waals surface area (Å²) in [6.45, 7) is 0. The predicted octanol–water partition coefficient (Wildman–Crippen LogP) is 8.18. The molecule has 0 N–H and O–H groups in total. The van der Waals surface area contributed by atoms with E-state index >= 15 is 0 Å². The minimum Gasteiger partial charge on any atom is -0.309 e. The smallest absolute Gasteiger partial charge is 0.0702 e. The zero-order chi connectivity index (χ0) is 21.5. The van der Waals surface area contributed by atoms with Gasteiger partial charge in [-0.1, -0.05) is 60.7 Å². The van der Waals surface area contributed by atoms with Gasteiger partial charge in [0.25, 0.3) is 0 Å². The molecule has 0 aliphatic rings. The minimum absolute atomic E-state index is 0.997. The predicted molar refractivity (Wildman–Crippen MR) is 139 cm³/mol. The standard InChI is InChI=1S/C31H18N2/c1-2-8-22(9-3-1)33-26-15-14-20-13-12-19-7-6-10-23-24-17-21(25-11-4-5-16-32-25)18-27(33)30(24)31(26)29(20)28(19)23/h1-18H. The van der Waals surface area contributed by atoms with Crippen LogP contribution >= 0.6 is 0 Å². The third kappa shape index (κ3) is 2.15. The Bertz CT molecular complexity index is 1950. The van der Waals surface area contributed by atoms with E-state index in [-0.39, 0.29) is 0 Å². The second kappa shape index (κ2) is 6.08. The van der Waals surface area contributed by atoms with Crippen molar-refractivity contribution in [3.05, 3.63) is 109 Å². The Morgan fingerprint density at radius 2 is 1.33 bits per heavy atom. The topological polar surface area (TPSA) is 17.8 Å². The number of aromatic nitrogens is 2. The molecule has 0 bridgehead atoms. The highest BCUT2D eigenvalue weighted by Crippen LogP contribution is 2.48. The Morgan fingerprint density at radius 3 is 2.18 bits per heavy atom. The van der Waals surface area contributed by atoms with Crippen LogP contribution in [-0.2, 0) is 0 Å². The highest BCUT2D eigenvalue weighted by molar-refractivity contribution is 6.40. The zero-order valence-corrected chi connectivity index (χ0v) is 17.8. The van der Waals surface area contributed by atoms with Crippen molar-refractivity contribution in [3.63, 3.8) is 0 Å². The average Bonchev–Trinajstić information content (AvgIpc) is 3.23. The second-order valence-electron chi connectivity index (χ2n) is 8.83. The molecular weight excluding hydrogens is 400 g/mol. The SMILES string of the molecule is c1ccc(-n2c3cc(-c4ccccn4)cc4c5cccc6ccc7ccc2c(c7c65)c43)cc1. The molecule has 0 atom stereocenters. The van der Waals surface area contributed by atoms with Gasteiger partial charge in [-0.2, -0.15) is 0 Å². The van der Waals surface area contributed by atoms with Gasteiger partial charge in [-0.3, -0.25) is 4.98 Å². The molecule has 0 fully saturated rings. The number of fused-ring (bicyclic) bond motifs is 1. The fourth-order valence-corrected chi connectivity index (χ4v) is 5.79. The molecule has 8 rings (SSSR count). The molecule has 0 unspecified atom stereocenters. The number of para-hydroxylation sites is 1. The van der Waals surface area contributed by atoms with E-state index in [2.05, 4.69) is 107 Å². The lowest BCUT2D eigenvalue weighted by Crippen LogP contribution is -1.93. The third-order valence-electron chi connectivity index (χ3n) is 7.12. The van der Waals surface area contributed by atoms with Gasteiger partial charge in [-0.25, -0.2) is 0 Å². The lowest BCUT2D eigenvalue weighted by Gasteiger charge is -2.14. The van der Waals surface area contributed by atoms with Gasteiger partial charge in [0.1, 0.15) is 0 Å². The molecule has 0 radical (unpaired) electrons. The lowest BCUT2D eigenvalue weighted by molar-refractivity contribution is 1.18. The van der Waals surface area contributed by atoms with Crippen LogP contribution in [0.1, 0.15) is 0 Å². The summed E-state index contributed by atoms with van der Waals surface area (Å²) in [5.41, 5.74) is 5.81. The molecule has 0 amide bonds. The van der Waals surface area contributed by atoms with Crippen molar-refractivity contribution >= 4 is 54.1 Å². The van der Waals surface area contributed by atoms with E-state index in [0.717, 1.165) is 11.3 Å². The van der Waals surface area contributed by atoms with Gasteiger partial charge in [-0.15, -0.1) is 0 Å². The summed E-state index contributed by atoms with van der Waals surface area (Å²) in [7, 11) is 0. The van der Waals surface area contributed by atoms with E-state index in [9.17, 15) is 0 Å². The van der Waals surface area contributed by atoms with Crippen molar-refractivity contribution < 1.29 is 0 Å². The summed E-state index contributed by atoms with van der Waals surface area (Å²) >= 11 is 0. The first-order valence-corrected chi connectivity index (χ1v) is 11.3. The number of nitrogens with zero attached hydrogens (tertiary/aromatic N) is 2. The molecule has 0 aliphatic heterocycles. The lowest BCUT2D eigenvalue weighted by atomic mass is 9.88. The second-order valence-corrected chi connectivity index (χ2v) is 8.83. The highest BCUT2D eigenvalue weighted by Gasteiger charge is 2.22. The highest BCUT2D eigenvalue weighted by atomic mass is 15.0. The van der Waals surface area contributed by atoms with Gasteiger partial charge >= 0.3 is 0 Å². The zero-order valence-electron chi connectivity index (χ0n) is 17.8. The first kappa shape index (κ1) is 17.2. The van der Waals surface area contributed by atoms with E-state index in [1.165, 1.54) is 59.8 Å². The van der Waals surface area contributed by atoms with E-state index < -0.39 is 0 Å². The normalized spacial score (nSPS) is 12.2. The van der Waals surface area contributed by atoms with Crippen molar-refractivity contribution in [2.45, 2.75) is 0 Å². The van der Waals surface area contributed by atoms with E-state index in [1.54, 1.807) is 0 Å². The van der Waals surface area contributed by atoms with Crippen LogP contribution in [0.2, 0.25) is 0 Å². The molecule has 8 aromatic rings. The first-order chi connectivity index (χ1) is 16.4. The van der Waals surface area contributed by atoms with Crippen LogP contribution in [0.25, 0.3) is 71.1 Å². The number of pyridine rings is 1. The monoisotopic (exact) mass is 418 g/mol. The molecule has 152 valence electrons. The number of hydrogen-bond acceptors (Lipinski definition) is 1. The molecule has 0 aliphatic carbocycles. The quantitative estimate of drug-likeness (QED) is 0.204. The fraction of sp³-hybridized carbons (Fsp3) is 0. The maximum Gasteiger partial charge on any atom is 0.0702 e. The molecular formula is C31H18N2. The summed E-state index contributed by atoms with van der Waals surface area (Å²) in [5.74, 6) is 0. The summed E-state index contributed by atoms with van der Waals surface area (Å²) in [6.07, 6.45) is 1.87. The Labute approximate surface area is 190 Å². The number of rotatable bonds is 2. The minimum atomic E-state index is 0.997. The third-order valence-corrected chi connectivity index (χ3v) is 7.12. The summed E-state index contributed by atoms with van der Waals surface area (Å²) in [4.78, 5) is 4.68. The van der Waals surface area contributed by atoms with Crippen molar-refractivity contribution in [2.24, 2.45) is 0 Å². The first-order valence-electron chi connectivity index (χ1n) is 11.3. The molecule has 0 saturated carbocycles. The fourth-order valence-electron chi connectivity index (χ4n) is 5.79.